The molecule has 0 bridgehead atoms. The summed E-state index contributed by atoms with van der Waals surface area (Å²) in [7, 11) is 0. The van der Waals surface area contributed by atoms with Crippen molar-refractivity contribution in [3.8, 4) is 17.6 Å². The lowest BCUT2D eigenvalue weighted by Gasteiger charge is -2.14. The van der Waals surface area contributed by atoms with E-state index in [1.807, 2.05) is 39.0 Å². The second kappa shape index (κ2) is 11.5. The second-order valence-electron chi connectivity index (χ2n) is 7.77. The summed E-state index contributed by atoms with van der Waals surface area (Å²) in [4.78, 5) is 22.8. The van der Waals surface area contributed by atoms with Gasteiger partial charge in [-0.1, -0.05) is 23.8 Å². The number of nitro benzene ring substituents is 1. The third kappa shape index (κ3) is 6.68. The number of benzene rings is 3. The lowest BCUT2D eigenvalue weighted by molar-refractivity contribution is -0.384. The molecule has 8 nitrogen and oxygen atoms in total. The fourth-order valence-corrected chi connectivity index (χ4v) is 3.39. The highest BCUT2D eigenvalue weighted by Gasteiger charge is 2.12. The number of allylic oxidation sites excluding steroid dienone is 1. The molecule has 0 radical (unpaired) electrons. The van der Waals surface area contributed by atoms with Gasteiger partial charge in [0, 0.05) is 17.8 Å². The van der Waals surface area contributed by atoms with Crippen molar-refractivity contribution in [2.24, 2.45) is 0 Å². The Morgan fingerprint density at radius 3 is 2.43 bits per heavy atom. The number of anilines is 1. The molecule has 3 aromatic carbocycles. The minimum absolute atomic E-state index is 0.0484. The average molecular weight is 472 g/mol. The van der Waals surface area contributed by atoms with Gasteiger partial charge in [0.25, 0.3) is 11.6 Å². The van der Waals surface area contributed by atoms with Crippen LogP contribution in [0.15, 0.2) is 60.7 Å². The number of hydrogen-bond donors (Lipinski definition) is 1. The summed E-state index contributed by atoms with van der Waals surface area (Å²) in [5.74, 6) is 0.531. The first-order valence-corrected chi connectivity index (χ1v) is 10.9. The van der Waals surface area contributed by atoms with Crippen molar-refractivity contribution in [2.75, 3.05) is 18.5 Å². The molecule has 3 rings (SSSR count). The van der Waals surface area contributed by atoms with Crippen LogP contribution in [0.4, 0.5) is 11.4 Å². The predicted molar refractivity (Wildman–Crippen MR) is 134 cm³/mol. The van der Waals surface area contributed by atoms with Gasteiger partial charge in [0.2, 0.25) is 0 Å². The van der Waals surface area contributed by atoms with Crippen LogP contribution in [0, 0.1) is 35.3 Å². The summed E-state index contributed by atoms with van der Waals surface area (Å²) >= 11 is 0. The van der Waals surface area contributed by atoms with Crippen molar-refractivity contribution in [3.63, 3.8) is 0 Å². The van der Waals surface area contributed by atoms with Crippen LogP contribution in [-0.2, 0) is 4.79 Å². The number of nitro groups is 1. The molecule has 178 valence electrons. The number of carbonyl (C=O) groups is 1. The first kappa shape index (κ1) is 25.0. The largest absolute Gasteiger partial charge is 0.490 e. The Bertz CT molecular complexity index is 1310. The molecule has 35 heavy (non-hydrogen) atoms. The van der Waals surface area contributed by atoms with Gasteiger partial charge in [-0.2, -0.15) is 5.26 Å². The van der Waals surface area contributed by atoms with E-state index in [1.165, 1.54) is 24.3 Å². The Balaban J connectivity index is 1.75. The summed E-state index contributed by atoms with van der Waals surface area (Å²) in [5, 5.41) is 23.3. The van der Waals surface area contributed by atoms with Crippen LogP contribution < -0.4 is 14.8 Å². The van der Waals surface area contributed by atoms with E-state index in [4.69, 9.17) is 9.47 Å². The topological polar surface area (TPSA) is 114 Å². The summed E-state index contributed by atoms with van der Waals surface area (Å²) in [5.41, 5.74) is 4.32. The van der Waals surface area contributed by atoms with Gasteiger partial charge in [0.1, 0.15) is 0 Å². The van der Waals surface area contributed by atoms with Gasteiger partial charge in [-0.25, -0.2) is 0 Å². The molecule has 0 aliphatic rings. The molecule has 0 atom stereocenters. The second-order valence-corrected chi connectivity index (χ2v) is 7.77. The molecular formula is C27H25N3O5. The zero-order valence-corrected chi connectivity index (χ0v) is 19.7. The van der Waals surface area contributed by atoms with E-state index >= 15 is 0 Å². The monoisotopic (exact) mass is 471 g/mol. The van der Waals surface area contributed by atoms with Crippen molar-refractivity contribution < 1.29 is 19.2 Å². The third-order valence-electron chi connectivity index (χ3n) is 5.10. The molecule has 0 spiro atoms. The molecular weight excluding hydrogens is 446 g/mol. The number of aryl methyl sites for hydroxylation is 2. The van der Waals surface area contributed by atoms with Gasteiger partial charge in [-0.15, -0.1) is 0 Å². The predicted octanol–water partition coefficient (Wildman–Crippen LogP) is 5.69. The first-order chi connectivity index (χ1) is 16.8. The maximum atomic E-state index is 12.4. The van der Waals surface area contributed by atoms with Crippen LogP contribution in [0.2, 0.25) is 0 Å². The van der Waals surface area contributed by atoms with E-state index in [0.29, 0.717) is 34.8 Å². The lowest BCUT2D eigenvalue weighted by atomic mass is 10.0. The number of rotatable bonds is 9. The Hall–Kier alpha value is -4.64. The molecule has 0 aliphatic carbocycles. The SMILES string of the molecule is CCOc1cc(/C=C(\C#N)c2ccc([N+](=O)[O-])cc2)ccc1OCC(=O)Nc1ccc(C)cc1C. The number of nitrogens with zero attached hydrogens (tertiary/aromatic N) is 2. The van der Waals surface area contributed by atoms with Gasteiger partial charge in [-0.05, 0) is 73.9 Å². The zero-order chi connectivity index (χ0) is 25.4. The average Bonchev–Trinajstić information content (AvgIpc) is 2.84. The van der Waals surface area contributed by atoms with Gasteiger partial charge >= 0.3 is 0 Å². The molecule has 8 heteroatoms. The molecule has 3 aromatic rings. The molecule has 1 amide bonds. The van der Waals surface area contributed by atoms with Crippen LogP contribution in [0.25, 0.3) is 11.6 Å². The maximum Gasteiger partial charge on any atom is 0.269 e. The van der Waals surface area contributed by atoms with Crippen LogP contribution >= 0.6 is 0 Å². The van der Waals surface area contributed by atoms with Gasteiger partial charge in [0.15, 0.2) is 18.1 Å². The minimum atomic E-state index is -0.491. The van der Waals surface area contributed by atoms with E-state index in [1.54, 1.807) is 24.3 Å². The Morgan fingerprint density at radius 2 is 1.80 bits per heavy atom. The van der Waals surface area contributed by atoms with Crippen molar-refractivity contribution in [3.05, 3.63) is 93.0 Å². The number of nitrogens with one attached hydrogen (secondary N) is 1. The van der Waals surface area contributed by atoms with Gasteiger partial charge in [-0.3, -0.25) is 14.9 Å². The smallest absolute Gasteiger partial charge is 0.269 e. The lowest BCUT2D eigenvalue weighted by Crippen LogP contribution is -2.21. The Morgan fingerprint density at radius 1 is 1.06 bits per heavy atom. The van der Waals surface area contributed by atoms with Crippen LogP contribution in [0.5, 0.6) is 11.5 Å². The van der Waals surface area contributed by atoms with Crippen molar-refractivity contribution in [1.82, 2.24) is 0 Å². The summed E-state index contributed by atoms with van der Waals surface area (Å²) < 4.78 is 11.4. The van der Waals surface area contributed by atoms with Crippen LogP contribution in [-0.4, -0.2) is 24.0 Å². The summed E-state index contributed by atoms with van der Waals surface area (Å²) in [6.07, 6.45) is 1.65. The van der Waals surface area contributed by atoms with Crippen molar-refractivity contribution in [1.29, 1.82) is 5.26 Å². The standard InChI is InChI=1S/C27H25N3O5/c1-4-34-26-15-20(14-22(16-28)21-7-9-23(10-8-21)30(32)33)6-12-25(26)35-17-27(31)29-24-11-5-18(2)13-19(24)3/h5-15H,4,17H2,1-3H3,(H,29,31)/b22-14+. The molecule has 0 saturated carbocycles. The fraction of sp³-hybridized carbons (Fsp3) is 0.185. The summed E-state index contributed by atoms with van der Waals surface area (Å²) in [6.45, 7) is 5.92. The third-order valence-corrected chi connectivity index (χ3v) is 5.10. The highest BCUT2D eigenvalue weighted by atomic mass is 16.6. The van der Waals surface area contributed by atoms with E-state index < -0.39 is 4.92 Å². The van der Waals surface area contributed by atoms with Crippen molar-refractivity contribution >= 4 is 28.9 Å². The quantitative estimate of drug-likeness (QED) is 0.185. The number of hydrogen-bond acceptors (Lipinski definition) is 6. The van der Waals surface area contributed by atoms with E-state index in [-0.39, 0.29) is 18.2 Å². The molecule has 0 aromatic heterocycles. The Labute approximate surface area is 203 Å². The molecule has 0 heterocycles. The van der Waals surface area contributed by atoms with E-state index in [2.05, 4.69) is 11.4 Å². The van der Waals surface area contributed by atoms with E-state index in [0.717, 1.165) is 16.8 Å². The Kier molecular flexibility index (Phi) is 8.20. The maximum absolute atomic E-state index is 12.4. The van der Waals surface area contributed by atoms with Gasteiger partial charge in [0.05, 0.1) is 23.2 Å². The van der Waals surface area contributed by atoms with Crippen LogP contribution in [0.1, 0.15) is 29.2 Å². The number of carbonyl (C=O) groups excluding carboxylic acids is 1. The fourth-order valence-electron chi connectivity index (χ4n) is 3.39. The summed E-state index contributed by atoms with van der Waals surface area (Å²) in [6, 6.07) is 18.8. The van der Waals surface area contributed by atoms with Crippen molar-refractivity contribution in [2.45, 2.75) is 20.8 Å². The molecule has 1 N–H and O–H groups in total. The molecule has 0 aliphatic heterocycles. The highest BCUT2D eigenvalue weighted by Crippen LogP contribution is 2.30. The highest BCUT2D eigenvalue weighted by molar-refractivity contribution is 5.93. The molecule has 0 fully saturated rings. The van der Waals surface area contributed by atoms with Gasteiger partial charge < -0.3 is 14.8 Å². The number of nitriles is 1. The molecule has 0 saturated heterocycles. The number of amides is 1. The zero-order valence-electron chi connectivity index (χ0n) is 19.7. The first-order valence-electron chi connectivity index (χ1n) is 10.9. The van der Waals surface area contributed by atoms with E-state index in [9.17, 15) is 20.2 Å². The molecule has 0 unspecified atom stereocenters. The normalized spacial score (nSPS) is 10.9. The number of non-ortho nitro benzene ring substituents is 1. The number of ether oxygens (including phenoxy) is 2. The minimum Gasteiger partial charge on any atom is -0.490 e. The van der Waals surface area contributed by atoms with Crippen LogP contribution in [0.3, 0.4) is 0 Å².